The molecule has 3 aromatic rings. The zero-order valence-electron chi connectivity index (χ0n) is 20.4. The zero-order chi connectivity index (χ0) is 26.4. The lowest BCUT2D eigenvalue weighted by atomic mass is 10.0. The fourth-order valence-corrected chi connectivity index (χ4v) is 4.28. The van der Waals surface area contributed by atoms with Gasteiger partial charge in [-0.1, -0.05) is 78.3 Å². The molecule has 0 fully saturated rings. The number of hydrogen-bond donors (Lipinski definition) is 2. The van der Waals surface area contributed by atoms with Gasteiger partial charge in [0.25, 0.3) is 5.91 Å². The number of aliphatic hydroxyl groups excluding tert-OH is 1. The Morgan fingerprint density at radius 2 is 1.84 bits per heavy atom. The molecule has 0 aliphatic carbocycles. The molecular formula is C29H28ClN3O4. The number of benzodiazepines with no additional fused rings is 1. The summed E-state index contributed by atoms with van der Waals surface area (Å²) in [5.41, 5.74) is 3.51. The number of halogens is 1. The quantitative estimate of drug-likeness (QED) is 0.420. The molecule has 0 saturated heterocycles. The molecule has 190 valence electrons. The Morgan fingerprint density at radius 3 is 2.51 bits per heavy atom. The van der Waals surface area contributed by atoms with E-state index in [1.165, 1.54) is 11.0 Å². The molecule has 0 bridgehead atoms. The first-order chi connectivity index (χ1) is 17.9. The highest BCUT2D eigenvalue weighted by molar-refractivity contribution is 6.32. The van der Waals surface area contributed by atoms with Crippen LogP contribution in [0, 0.1) is 5.92 Å². The van der Waals surface area contributed by atoms with E-state index in [2.05, 4.69) is 16.9 Å². The summed E-state index contributed by atoms with van der Waals surface area (Å²) in [6, 6.07) is 24.1. The van der Waals surface area contributed by atoms with E-state index < -0.39 is 30.0 Å². The molecule has 8 heteroatoms. The molecule has 2 amide bonds. The number of ether oxygens (including phenoxy) is 1. The van der Waals surface area contributed by atoms with Gasteiger partial charge in [0.05, 0.1) is 36.6 Å². The number of aliphatic hydroxyl groups is 1. The van der Waals surface area contributed by atoms with Gasteiger partial charge in [0.15, 0.2) is 0 Å². The van der Waals surface area contributed by atoms with Gasteiger partial charge in [-0.2, -0.15) is 0 Å². The second-order valence-electron chi connectivity index (χ2n) is 8.64. The minimum absolute atomic E-state index is 0.0833. The van der Waals surface area contributed by atoms with Gasteiger partial charge in [-0.05, 0) is 23.8 Å². The largest absolute Gasteiger partial charge is 0.390 e. The Hall–Kier alpha value is -3.78. The molecule has 7 nitrogen and oxygen atoms in total. The number of anilines is 1. The van der Waals surface area contributed by atoms with Crippen molar-refractivity contribution in [1.29, 1.82) is 0 Å². The number of nitrogens with zero attached hydrogens (tertiary/aromatic N) is 2. The van der Waals surface area contributed by atoms with Gasteiger partial charge < -0.3 is 20.1 Å². The second-order valence-corrected chi connectivity index (χ2v) is 9.08. The minimum atomic E-state index is -1.22. The van der Waals surface area contributed by atoms with Crippen LogP contribution in [0.4, 0.5) is 5.69 Å². The number of carbonyl (C=O) groups excluding carboxylic acids is 2. The molecule has 0 spiro atoms. The fourth-order valence-electron chi connectivity index (χ4n) is 4.11. The van der Waals surface area contributed by atoms with Crippen LogP contribution in [0.3, 0.4) is 0 Å². The van der Waals surface area contributed by atoms with Gasteiger partial charge in [-0.25, -0.2) is 4.99 Å². The van der Waals surface area contributed by atoms with Gasteiger partial charge in [0.1, 0.15) is 0 Å². The van der Waals surface area contributed by atoms with E-state index >= 15 is 0 Å². The van der Waals surface area contributed by atoms with Gasteiger partial charge in [-0.15, -0.1) is 6.58 Å². The third kappa shape index (κ3) is 6.14. The van der Waals surface area contributed by atoms with Crippen LogP contribution in [0.2, 0.25) is 5.02 Å². The first-order valence-corrected chi connectivity index (χ1v) is 12.2. The number of amides is 2. The summed E-state index contributed by atoms with van der Waals surface area (Å²) >= 11 is 6.28. The molecule has 37 heavy (non-hydrogen) atoms. The van der Waals surface area contributed by atoms with E-state index in [9.17, 15) is 14.7 Å². The van der Waals surface area contributed by atoms with E-state index in [0.29, 0.717) is 28.6 Å². The number of fused-ring (bicyclic) bond motifs is 1. The van der Waals surface area contributed by atoms with Crippen molar-refractivity contribution in [2.75, 3.05) is 18.6 Å². The van der Waals surface area contributed by atoms with E-state index in [1.54, 1.807) is 25.2 Å². The van der Waals surface area contributed by atoms with Crippen LogP contribution >= 0.6 is 11.6 Å². The maximum absolute atomic E-state index is 13.4. The summed E-state index contributed by atoms with van der Waals surface area (Å²) in [5.74, 6) is -2.03. The van der Waals surface area contributed by atoms with Crippen molar-refractivity contribution in [2.45, 2.75) is 18.9 Å². The van der Waals surface area contributed by atoms with E-state index in [0.717, 1.165) is 11.1 Å². The molecule has 1 heterocycles. The first kappa shape index (κ1) is 26.3. The predicted octanol–water partition coefficient (Wildman–Crippen LogP) is 3.98. The van der Waals surface area contributed by atoms with Crippen molar-refractivity contribution < 1.29 is 19.4 Å². The average molecular weight is 518 g/mol. The third-order valence-corrected chi connectivity index (χ3v) is 6.33. The Kier molecular flexibility index (Phi) is 8.50. The Labute approximate surface area is 221 Å². The highest BCUT2D eigenvalue weighted by Crippen LogP contribution is 2.30. The van der Waals surface area contributed by atoms with Gasteiger partial charge in [-0.3, -0.25) is 9.59 Å². The molecule has 2 unspecified atom stereocenters. The molecule has 2 N–H and O–H groups in total. The Morgan fingerprint density at radius 1 is 1.16 bits per heavy atom. The number of hydrogen-bond acceptors (Lipinski definition) is 5. The maximum atomic E-state index is 13.4. The summed E-state index contributed by atoms with van der Waals surface area (Å²) in [7, 11) is 1.62. The standard InChI is InChI=1S/C29H28ClN3O4/c1-3-22(25(34)18-37-17-19-10-6-4-7-11-19)28(35)32-27-29(36)33(2)24-15-14-21(30)16-23(24)26(31-27)20-12-8-5-9-13-20/h3-16,22,25,27,34H,1,17-18H2,2H3,(H,32,35)/t22?,25-,27?/m1/s1. The molecule has 1 aliphatic heterocycles. The topological polar surface area (TPSA) is 91.2 Å². The maximum Gasteiger partial charge on any atom is 0.272 e. The molecule has 3 atom stereocenters. The van der Waals surface area contributed by atoms with Crippen LogP contribution in [-0.2, 0) is 20.9 Å². The first-order valence-electron chi connectivity index (χ1n) is 11.8. The molecule has 0 aromatic heterocycles. The summed E-state index contributed by atoms with van der Waals surface area (Å²) < 4.78 is 5.60. The van der Waals surface area contributed by atoms with E-state index in [-0.39, 0.29) is 6.61 Å². The number of likely N-dealkylation sites (N-methyl/N-ethyl adjacent to an activating group) is 1. The summed E-state index contributed by atoms with van der Waals surface area (Å²) in [4.78, 5) is 32.7. The van der Waals surface area contributed by atoms with E-state index in [1.807, 2.05) is 60.7 Å². The summed E-state index contributed by atoms with van der Waals surface area (Å²) in [6.07, 6.45) is -1.04. The monoisotopic (exact) mass is 517 g/mol. The third-order valence-electron chi connectivity index (χ3n) is 6.10. The lowest BCUT2D eigenvalue weighted by molar-refractivity contribution is -0.132. The van der Waals surface area contributed by atoms with Crippen LogP contribution in [0.1, 0.15) is 16.7 Å². The number of carbonyl (C=O) groups is 2. The Bertz CT molecular complexity index is 1300. The molecule has 0 saturated carbocycles. The smallest absolute Gasteiger partial charge is 0.272 e. The number of aliphatic imine (C=N–C) groups is 1. The average Bonchev–Trinajstić information content (AvgIpc) is 3.00. The van der Waals surface area contributed by atoms with Crippen LogP contribution in [0.25, 0.3) is 0 Å². The highest BCUT2D eigenvalue weighted by Gasteiger charge is 2.34. The van der Waals surface area contributed by atoms with Crippen molar-refractivity contribution in [3.63, 3.8) is 0 Å². The van der Waals surface area contributed by atoms with Gasteiger partial charge in [0, 0.05) is 23.2 Å². The Balaban J connectivity index is 1.56. The number of nitrogens with one attached hydrogen (secondary N) is 1. The van der Waals surface area contributed by atoms with Crippen LogP contribution in [-0.4, -0.2) is 48.6 Å². The van der Waals surface area contributed by atoms with Gasteiger partial charge in [0.2, 0.25) is 12.1 Å². The van der Waals surface area contributed by atoms with E-state index in [4.69, 9.17) is 16.3 Å². The summed E-state index contributed by atoms with van der Waals surface area (Å²) in [5, 5.41) is 13.8. The molecule has 4 rings (SSSR count). The number of benzene rings is 3. The fraction of sp³-hybridized carbons (Fsp3) is 0.207. The van der Waals surface area contributed by atoms with Gasteiger partial charge >= 0.3 is 0 Å². The normalized spacial score (nSPS) is 16.7. The minimum Gasteiger partial charge on any atom is -0.390 e. The summed E-state index contributed by atoms with van der Waals surface area (Å²) in [6.45, 7) is 3.91. The highest BCUT2D eigenvalue weighted by atomic mass is 35.5. The zero-order valence-corrected chi connectivity index (χ0v) is 21.1. The molecular weight excluding hydrogens is 490 g/mol. The molecule has 3 aromatic carbocycles. The molecule has 0 radical (unpaired) electrons. The molecule has 1 aliphatic rings. The van der Waals surface area contributed by atoms with Crippen LogP contribution < -0.4 is 10.2 Å². The van der Waals surface area contributed by atoms with Crippen molar-refractivity contribution in [3.05, 3.63) is 113 Å². The van der Waals surface area contributed by atoms with Crippen molar-refractivity contribution in [1.82, 2.24) is 5.32 Å². The predicted molar refractivity (Wildman–Crippen MR) is 145 cm³/mol. The number of rotatable bonds is 9. The van der Waals surface area contributed by atoms with Crippen LogP contribution in [0.15, 0.2) is 96.5 Å². The van der Waals surface area contributed by atoms with Crippen molar-refractivity contribution >= 4 is 34.8 Å². The van der Waals surface area contributed by atoms with Crippen molar-refractivity contribution in [2.24, 2.45) is 10.9 Å². The van der Waals surface area contributed by atoms with Crippen LogP contribution in [0.5, 0.6) is 0 Å². The van der Waals surface area contributed by atoms with Crippen molar-refractivity contribution in [3.8, 4) is 0 Å². The second kappa shape index (κ2) is 12.0. The SMILES string of the molecule is C=CC(C(=O)NC1N=C(c2ccccc2)c2cc(Cl)ccc2N(C)C1=O)[C@H](O)COCc1ccccc1. The lowest BCUT2D eigenvalue weighted by Gasteiger charge is -2.24. The lowest BCUT2D eigenvalue weighted by Crippen LogP contribution is -2.49.